The van der Waals surface area contributed by atoms with Crippen molar-refractivity contribution >= 4 is 18.1 Å². The van der Waals surface area contributed by atoms with Crippen LogP contribution in [0.5, 0.6) is 11.5 Å². The predicted octanol–water partition coefficient (Wildman–Crippen LogP) is 7.16. The number of rotatable bonds is 9. The van der Waals surface area contributed by atoms with Crippen LogP contribution < -0.4 is 10.1 Å². The number of hydrogen-bond donors (Lipinski definition) is 2. The van der Waals surface area contributed by atoms with Crippen molar-refractivity contribution in [2.75, 3.05) is 13.1 Å². The van der Waals surface area contributed by atoms with E-state index >= 15 is 0 Å². The summed E-state index contributed by atoms with van der Waals surface area (Å²) >= 11 is 0. The van der Waals surface area contributed by atoms with Gasteiger partial charge in [0.1, 0.15) is 22.7 Å². The normalized spacial score (nSPS) is 20.6. The zero-order valence-electron chi connectivity index (χ0n) is 25.0. The smallest absolute Gasteiger partial charge is 0.410 e. The quantitative estimate of drug-likeness (QED) is 0.256. The van der Waals surface area contributed by atoms with Gasteiger partial charge in [0.2, 0.25) is 0 Å². The minimum atomic E-state index is -0.576. The third-order valence-corrected chi connectivity index (χ3v) is 7.21. The molecular formula is C32H48N2O5. The summed E-state index contributed by atoms with van der Waals surface area (Å²) in [5, 5.41) is 14.5. The Kier molecular flexibility index (Phi) is 10.1. The molecule has 1 unspecified atom stereocenters. The first-order valence-corrected chi connectivity index (χ1v) is 14.5. The first kappa shape index (κ1) is 30.6. The molecule has 3 rings (SSSR count). The molecule has 0 aromatic heterocycles. The standard InChI is InChI=1S/C32H48N2O5/c1-8-9-10-14-23-20-26-25(16-18-32(7,38-26)17-11-13-22(2)3)28(35)27(23)29(36)33-24-15-12-19-34(21-24)30(37)39-31(4,5)6/h13,16,18,20,24,35H,8-12,14-15,17,19,21H2,1-7H3,(H,33,36)/t24-,32?/m0/s1. The second kappa shape index (κ2) is 12.9. The molecule has 1 aromatic rings. The van der Waals surface area contributed by atoms with Crippen LogP contribution in [0.15, 0.2) is 23.8 Å². The number of fused-ring (bicyclic) bond motifs is 1. The fourth-order valence-electron chi connectivity index (χ4n) is 5.14. The number of ether oxygens (including phenoxy) is 2. The van der Waals surface area contributed by atoms with Crippen LogP contribution in [0.25, 0.3) is 6.08 Å². The second-order valence-electron chi connectivity index (χ2n) is 12.4. The number of hydrogen-bond acceptors (Lipinski definition) is 5. The zero-order chi connectivity index (χ0) is 28.8. The van der Waals surface area contributed by atoms with Crippen molar-refractivity contribution in [1.82, 2.24) is 10.2 Å². The highest BCUT2D eigenvalue weighted by Crippen LogP contribution is 2.42. The molecule has 1 fully saturated rings. The molecule has 0 aliphatic carbocycles. The van der Waals surface area contributed by atoms with Crippen LogP contribution in [-0.2, 0) is 11.2 Å². The Morgan fingerprint density at radius 2 is 2.03 bits per heavy atom. The number of amides is 2. The lowest BCUT2D eigenvalue weighted by Gasteiger charge is -2.35. The maximum absolute atomic E-state index is 13.6. The van der Waals surface area contributed by atoms with Crippen molar-refractivity contribution in [3.05, 3.63) is 40.5 Å². The number of aryl methyl sites for hydroxylation is 1. The van der Waals surface area contributed by atoms with E-state index in [1.807, 2.05) is 39.0 Å². The first-order chi connectivity index (χ1) is 18.3. The molecule has 0 saturated carbocycles. The highest BCUT2D eigenvalue weighted by molar-refractivity contribution is 6.00. The van der Waals surface area contributed by atoms with Gasteiger partial charge >= 0.3 is 6.09 Å². The number of piperidine rings is 1. The topological polar surface area (TPSA) is 88.1 Å². The number of carbonyl (C=O) groups is 2. The number of allylic oxidation sites excluding steroid dienone is 2. The van der Waals surface area contributed by atoms with E-state index in [1.54, 1.807) is 4.90 Å². The van der Waals surface area contributed by atoms with Gasteiger partial charge in [-0.15, -0.1) is 0 Å². The molecule has 1 saturated heterocycles. The zero-order valence-corrected chi connectivity index (χ0v) is 25.0. The highest BCUT2D eigenvalue weighted by atomic mass is 16.6. The van der Waals surface area contributed by atoms with Crippen molar-refractivity contribution in [2.24, 2.45) is 0 Å². The van der Waals surface area contributed by atoms with Crippen molar-refractivity contribution in [2.45, 2.75) is 117 Å². The van der Waals surface area contributed by atoms with Crippen molar-refractivity contribution in [3.8, 4) is 11.5 Å². The molecule has 2 amide bonds. The Bertz CT molecular complexity index is 1100. The van der Waals surface area contributed by atoms with Crippen LogP contribution in [0.1, 0.15) is 115 Å². The molecular weight excluding hydrogens is 492 g/mol. The van der Waals surface area contributed by atoms with Crippen LogP contribution in [0.4, 0.5) is 4.79 Å². The molecule has 1 aromatic carbocycles. The number of carbonyl (C=O) groups excluding carboxylic acids is 2. The maximum Gasteiger partial charge on any atom is 0.410 e. The summed E-state index contributed by atoms with van der Waals surface area (Å²) < 4.78 is 12.0. The Morgan fingerprint density at radius 3 is 2.69 bits per heavy atom. The SMILES string of the molecule is CCCCCc1cc2c(c(O)c1C(=O)N[C@H]1CCCN(C(=O)OC(C)(C)C)C1)C=CC(C)(CCC=C(C)C)O2. The molecule has 2 heterocycles. The van der Waals surface area contributed by atoms with E-state index in [4.69, 9.17) is 9.47 Å². The fraction of sp³-hybridized carbons (Fsp3) is 0.625. The average Bonchev–Trinajstić information content (AvgIpc) is 2.82. The Labute approximate surface area is 234 Å². The number of phenols is 1. The molecule has 216 valence electrons. The molecule has 7 nitrogen and oxygen atoms in total. The van der Waals surface area contributed by atoms with Gasteiger partial charge in [-0.25, -0.2) is 4.79 Å². The molecule has 0 bridgehead atoms. The van der Waals surface area contributed by atoms with Crippen LogP contribution in [0.3, 0.4) is 0 Å². The molecule has 2 atom stereocenters. The van der Waals surface area contributed by atoms with E-state index in [9.17, 15) is 14.7 Å². The summed E-state index contributed by atoms with van der Waals surface area (Å²) in [6, 6.07) is 1.72. The minimum absolute atomic E-state index is 0.0427. The summed E-state index contributed by atoms with van der Waals surface area (Å²) in [6.45, 7) is 14.9. The summed E-state index contributed by atoms with van der Waals surface area (Å²) in [7, 11) is 0. The lowest BCUT2D eigenvalue weighted by molar-refractivity contribution is 0.0185. The summed E-state index contributed by atoms with van der Waals surface area (Å²) in [4.78, 5) is 27.9. The Balaban J connectivity index is 1.83. The van der Waals surface area contributed by atoms with Crippen LogP contribution in [-0.4, -0.2) is 52.3 Å². The fourth-order valence-corrected chi connectivity index (χ4v) is 5.14. The number of benzene rings is 1. The first-order valence-electron chi connectivity index (χ1n) is 14.5. The highest BCUT2D eigenvalue weighted by Gasteiger charge is 2.33. The molecule has 0 radical (unpaired) electrons. The molecule has 2 aliphatic rings. The van der Waals surface area contributed by atoms with E-state index < -0.39 is 11.2 Å². The molecule has 2 aliphatic heterocycles. The van der Waals surface area contributed by atoms with Gasteiger partial charge in [0.05, 0.1) is 11.1 Å². The summed E-state index contributed by atoms with van der Waals surface area (Å²) in [5.41, 5.74) is 1.85. The van der Waals surface area contributed by atoms with Gasteiger partial charge in [-0.1, -0.05) is 31.4 Å². The van der Waals surface area contributed by atoms with Gasteiger partial charge < -0.3 is 24.8 Å². The van der Waals surface area contributed by atoms with E-state index in [2.05, 4.69) is 39.1 Å². The number of unbranched alkanes of at least 4 members (excludes halogenated alkanes) is 2. The number of likely N-dealkylation sites (tertiary alicyclic amines) is 1. The second-order valence-corrected chi connectivity index (χ2v) is 12.4. The van der Waals surface area contributed by atoms with Gasteiger partial charge in [0, 0.05) is 19.1 Å². The molecule has 7 heteroatoms. The largest absolute Gasteiger partial charge is 0.506 e. The Morgan fingerprint density at radius 1 is 1.28 bits per heavy atom. The maximum atomic E-state index is 13.6. The molecule has 39 heavy (non-hydrogen) atoms. The molecule has 0 spiro atoms. The van der Waals surface area contributed by atoms with E-state index in [-0.39, 0.29) is 23.8 Å². The third-order valence-electron chi connectivity index (χ3n) is 7.21. The number of nitrogens with one attached hydrogen (secondary N) is 1. The van der Waals surface area contributed by atoms with Crippen LogP contribution in [0.2, 0.25) is 0 Å². The monoisotopic (exact) mass is 540 g/mol. The van der Waals surface area contributed by atoms with E-state index in [1.165, 1.54) is 5.57 Å². The third kappa shape index (κ3) is 8.51. The van der Waals surface area contributed by atoms with Gasteiger partial charge in [0.15, 0.2) is 0 Å². The van der Waals surface area contributed by atoms with Crippen LogP contribution in [0, 0.1) is 0 Å². The van der Waals surface area contributed by atoms with Gasteiger partial charge in [0.25, 0.3) is 5.91 Å². The number of phenolic OH excluding ortho intramolecular Hbond substituents is 1. The average molecular weight is 541 g/mol. The van der Waals surface area contributed by atoms with Gasteiger partial charge in [-0.05, 0) is 104 Å². The summed E-state index contributed by atoms with van der Waals surface area (Å²) in [5.74, 6) is 0.258. The minimum Gasteiger partial charge on any atom is -0.506 e. The van der Waals surface area contributed by atoms with Crippen molar-refractivity contribution in [1.29, 1.82) is 0 Å². The lowest BCUT2D eigenvalue weighted by atomic mass is 9.90. The van der Waals surface area contributed by atoms with Crippen LogP contribution >= 0.6 is 0 Å². The Hall–Kier alpha value is -2.96. The van der Waals surface area contributed by atoms with Gasteiger partial charge in [-0.3, -0.25) is 4.79 Å². The van der Waals surface area contributed by atoms with Crippen molar-refractivity contribution in [3.63, 3.8) is 0 Å². The summed E-state index contributed by atoms with van der Waals surface area (Å²) in [6.07, 6.45) is 12.6. The van der Waals surface area contributed by atoms with Crippen molar-refractivity contribution < 1.29 is 24.2 Å². The van der Waals surface area contributed by atoms with E-state index in [0.29, 0.717) is 36.4 Å². The predicted molar refractivity (Wildman–Crippen MR) is 156 cm³/mol. The van der Waals surface area contributed by atoms with Gasteiger partial charge in [-0.2, -0.15) is 0 Å². The van der Waals surface area contributed by atoms with E-state index in [0.717, 1.165) is 50.5 Å². The number of aromatic hydroxyl groups is 1. The lowest BCUT2D eigenvalue weighted by Crippen LogP contribution is -2.50. The molecule has 2 N–H and O–H groups in total. The number of nitrogens with zero attached hydrogens (tertiary/aromatic N) is 1.